The summed E-state index contributed by atoms with van der Waals surface area (Å²) in [5.41, 5.74) is 2.27. The Balaban J connectivity index is 1.76. The molecule has 0 aromatic heterocycles. The first-order valence-electron chi connectivity index (χ1n) is 11.0. The van der Waals surface area contributed by atoms with Crippen LogP contribution < -0.4 is 5.32 Å². The van der Waals surface area contributed by atoms with Crippen molar-refractivity contribution in [1.82, 2.24) is 15.1 Å². The highest BCUT2D eigenvalue weighted by molar-refractivity contribution is 5.85. The Morgan fingerprint density at radius 1 is 1.09 bits per heavy atom. The van der Waals surface area contributed by atoms with E-state index in [1.165, 1.54) is 13.0 Å². The summed E-state index contributed by atoms with van der Waals surface area (Å²) in [7, 11) is 0. The Hall–Kier alpha value is -3.22. The zero-order valence-corrected chi connectivity index (χ0v) is 18.6. The van der Waals surface area contributed by atoms with E-state index in [1.54, 1.807) is 23.1 Å². The lowest BCUT2D eigenvalue weighted by Gasteiger charge is -2.24. The summed E-state index contributed by atoms with van der Waals surface area (Å²) < 4.78 is 14.1. The number of hydrogen-bond donors (Lipinski definition) is 1. The Bertz CT molecular complexity index is 961. The Kier molecular flexibility index (Phi) is 7.98. The number of hydrogen-bond acceptors (Lipinski definition) is 3. The van der Waals surface area contributed by atoms with Gasteiger partial charge in [0, 0.05) is 38.7 Å². The van der Waals surface area contributed by atoms with Crippen molar-refractivity contribution in [3.05, 3.63) is 59.9 Å². The van der Waals surface area contributed by atoms with Crippen LogP contribution in [0, 0.1) is 11.7 Å². The van der Waals surface area contributed by atoms with Crippen LogP contribution in [0.2, 0.25) is 0 Å². The standard InChI is InChI=1S/C25H30FN3O3/c1-3-12-28-13-14-29(24(31)16-27-18(2)30)17-21(25(28)32)15-19-8-10-20(11-9-19)22-6-4-5-7-23(22)26/h4-11,21H,3,12-17H2,1-2H3,(H,27,30). The van der Waals surface area contributed by atoms with Gasteiger partial charge in [0.25, 0.3) is 0 Å². The summed E-state index contributed by atoms with van der Waals surface area (Å²) in [6.07, 6.45) is 1.33. The summed E-state index contributed by atoms with van der Waals surface area (Å²) in [5.74, 6) is -1.05. The van der Waals surface area contributed by atoms with Gasteiger partial charge in [0.15, 0.2) is 0 Å². The van der Waals surface area contributed by atoms with Crippen molar-refractivity contribution in [2.45, 2.75) is 26.7 Å². The lowest BCUT2D eigenvalue weighted by atomic mass is 9.95. The van der Waals surface area contributed by atoms with E-state index in [-0.39, 0.29) is 36.0 Å². The third-order valence-electron chi connectivity index (χ3n) is 5.70. The molecule has 1 aliphatic rings. The molecule has 3 amide bonds. The van der Waals surface area contributed by atoms with E-state index in [0.29, 0.717) is 38.2 Å². The smallest absolute Gasteiger partial charge is 0.242 e. The maximum atomic E-state index is 14.1. The van der Waals surface area contributed by atoms with Crippen LogP contribution in [0.1, 0.15) is 25.8 Å². The van der Waals surface area contributed by atoms with Crippen molar-refractivity contribution >= 4 is 17.7 Å². The summed E-state index contributed by atoms with van der Waals surface area (Å²) >= 11 is 0. The summed E-state index contributed by atoms with van der Waals surface area (Å²) in [6, 6.07) is 14.2. The maximum absolute atomic E-state index is 14.1. The van der Waals surface area contributed by atoms with E-state index >= 15 is 0 Å². The van der Waals surface area contributed by atoms with E-state index in [9.17, 15) is 18.8 Å². The highest BCUT2D eigenvalue weighted by Gasteiger charge is 2.32. The molecule has 0 aliphatic carbocycles. The number of halogens is 1. The molecule has 1 fully saturated rings. The molecule has 1 aliphatic heterocycles. The summed E-state index contributed by atoms with van der Waals surface area (Å²) in [4.78, 5) is 40.4. The van der Waals surface area contributed by atoms with Crippen molar-refractivity contribution in [3.63, 3.8) is 0 Å². The number of benzene rings is 2. The van der Waals surface area contributed by atoms with Gasteiger partial charge in [0.05, 0.1) is 12.5 Å². The number of nitrogens with one attached hydrogen (secondary N) is 1. The van der Waals surface area contributed by atoms with Crippen LogP contribution in [0.4, 0.5) is 4.39 Å². The third kappa shape index (κ3) is 5.93. The summed E-state index contributed by atoms with van der Waals surface area (Å²) in [6.45, 7) is 5.22. The number of carbonyl (C=O) groups excluding carboxylic acids is 3. The number of carbonyl (C=O) groups is 3. The molecule has 2 aromatic carbocycles. The monoisotopic (exact) mass is 439 g/mol. The minimum Gasteiger partial charge on any atom is -0.347 e. The molecule has 7 heteroatoms. The van der Waals surface area contributed by atoms with Gasteiger partial charge in [-0.25, -0.2) is 4.39 Å². The molecule has 1 atom stereocenters. The predicted molar refractivity (Wildman–Crippen MR) is 121 cm³/mol. The van der Waals surface area contributed by atoms with Crippen LogP contribution in [0.25, 0.3) is 11.1 Å². The Morgan fingerprint density at radius 2 is 1.81 bits per heavy atom. The third-order valence-corrected chi connectivity index (χ3v) is 5.70. The van der Waals surface area contributed by atoms with Crippen LogP contribution in [-0.4, -0.2) is 60.2 Å². The molecule has 1 heterocycles. The molecule has 2 aromatic rings. The van der Waals surface area contributed by atoms with Crippen molar-refractivity contribution in [1.29, 1.82) is 0 Å². The number of nitrogens with zero attached hydrogens (tertiary/aromatic N) is 2. The number of rotatable bonds is 7. The van der Waals surface area contributed by atoms with Crippen molar-refractivity contribution < 1.29 is 18.8 Å². The van der Waals surface area contributed by atoms with Crippen LogP contribution in [0.3, 0.4) is 0 Å². The van der Waals surface area contributed by atoms with Gasteiger partial charge in [-0.3, -0.25) is 14.4 Å². The molecule has 1 N–H and O–H groups in total. The fourth-order valence-corrected chi connectivity index (χ4v) is 4.03. The molecule has 6 nitrogen and oxygen atoms in total. The molecule has 0 bridgehead atoms. The molecular weight excluding hydrogens is 409 g/mol. The Labute approximate surface area is 188 Å². The first-order chi connectivity index (χ1) is 15.4. The fraction of sp³-hybridized carbons (Fsp3) is 0.400. The molecule has 3 rings (SSSR count). The normalized spacial score (nSPS) is 16.6. The molecule has 1 saturated heterocycles. The quantitative estimate of drug-likeness (QED) is 0.721. The topological polar surface area (TPSA) is 69.7 Å². The molecule has 1 unspecified atom stereocenters. The lowest BCUT2D eigenvalue weighted by molar-refractivity contribution is -0.135. The molecule has 32 heavy (non-hydrogen) atoms. The van der Waals surface area contributed by atoms with E-state index < -0.39 is 0 Å². The van der Waals surface area contributed by atoms with Gasteiger partial charge in [-0.05, 0) is 30.0 Å². The van der Waals surface area contributed by atoms with E-state index in [0.717, 1.165) is 17.5 Å². The van der Waals surface area contributed by atoms with Crippen LogP contribution in [-0.2, 0) is 20.8 Å². The van der Waals surface area contributed by atoms with Gasteiger partial charge in [-0.1, -0.05) is 49.4 Å². The second kappa shape index (κ2) is 10.9. The SMILES string of the molecule is CCCN1CCN(C(=O)CNC(C)=O)CC(Cc2ccc(-c3ccccc3F)cc2)C1=O. The van der Waals surface area contributed by atoms with Crippen LogP contribution >= 0.6 is 0 Å². The second-order valence-corrected chi connectivity index (χ2v) is 8.15. The van der Waals surface area contributed by atoms with Gasteiger partial charge in [0.2, 0.25) is 17.7 Å². The van der Waals surface area contributed by atoms with Gasteiger partial charge in [-0.2, -0.15) is 0 Å². The first-order valence-corrected chi connectivity index (χ1v) is 11.0. The molecule has 170 valence electrons. The van der Waals surface area contributed by atoms with Crippen molar-refractivity contribution in [3.8, 4) is 11.1 Å². The van der Waals surface area contributed by atoms with E-state index in [4.69, 9.17) is 0 Å². The zero-order chi connectivity index (χ0) is 23.1. The van der Waals surface area contributed by atoms with Crippen LogP contribution in [0.5, 0.6) is 0 Å². The summed E-state index contributed by atoms with van der Waals surface area (Å²) in [5, 5.41) is 2.54. The van der Waals surface area contributed by atoms with Gasteiger partial charge >= 0.3 is 0 Å². The van der Waals surface area contributed by atoms with Crippen LogP contribution in [0.15, 0.2) is 48.5 Å². The minimum absolute atomic E-state index is 0.0415. The van der Waals surface area contributed by atoms with Crippen molar-refractivity contribution in [2.24, 2.45) is 5.92 Å². The molecule has 0 saturated carbocycles. The molecular formula is C25H30FN3O3. The predicted octanol–water partition coefficient (Wildman–Crippen LogP) is 2.87. The Morgan fingerprint density at radius 3 is 2.47 bits per heavy atom. The average molecular weight is 440 g/mol. The van der Waals surface area contributed by atoms with Crippen molar-refractivity contribution in [2.75, 3.05) is 32.7 Å². The average Bonchev–Trinajstić information content (AvgIpc) is 2.93. The van der Waals surface area contributed by atoms with Gasteiger partial charge in [-0.15, -0.1) is 0 Å². The van der Waals surface area contributed by atoms with E-state index in [1.807, 2.05) is 36.1 Å². The zero-order valence-electron chi connectivity index (χ0n) is 18.6. The highest BCUT2D eigenvalue weighted by Crippen LogP contribution is 2.24. The minimum atomic E-state index is -0.371. The molecule has 0 radical (unpaired) electrons. The molecule has 0 spiro atoms. The van der Waals surface area contributed by atoms with E-state index in [2.05, 4.69) is 5.32 Å². The lowest BCUT2D eigenvalue weighted by Crippen LogP contribution is -2.42. The second-order valence-electron chi connectivity index (χ2n) is 8.15. The maximum Gasteiger partial charge on any atom is 0.242 e. The highest BCUT2D eigenvalue weighted by atomic mass is 19.1. The first kappa shape index (κ1) is 23.4. The largest absolute Gasteiger partial charge is 0.347 e. The number of amides is 3. The van der Waals surface area contributed by atoms with Gasteiger partial charge in [0.1, 0.15) is 5.82 Å². The fourth-order valence-electron chi connectivity index (χ4n) is 4.03. The van der Waals surface area contributed by atoms with Gasteiger partial charge < -0.3 is 15.1 Å².